The van der Waals surface area contributed by atoms with Crippen LogP contribution in [-0.4, -0.2) is 102 Å². The predicted octanol–water partition coefficient (Wildman–Crippen LogP) is 0.973. The van der Waals surface area contributed by atoms with Crippen LogP contribution in [0.3, 0.4) is 0 Å². The van der Waals surface area contributed by atoms with E-state index in [-0.39, 0.29) is 26.0 Å². The van der Waals surface area contributed by atoms with Crippen LogP contribution in [0, 0.1) is 5.41 Å². The molecule has 1 aromatic carbocycles. The lowest BCUT2D eigenvalue weighted by molar-refractivity contribution is -0.143. The number of likely N-dealkylation sites (tertiary alicyclic amines) is 1. The molecule has 252 valence electrons. The first kappa shape index (κ1) is 33.3. The Kier molecular flexibility index (Phi) is 9.63. The number of nitrogens with two attached hydrogens (primary N) is 1. The van der Waals surface area contributed by atoms with Crippen LogP contribution >= 0.6 is 0 Å². The molecule has 15 heteroatoms. The van der Waals surface area contributed by atoms with Gasteiger partial charge in [-0.2, -0.15) is 0 Å². The monoisotopic (exact) mass is 644 g/mol. The quantitative estimate of drug-likeness (QED) is 0.244. The normalized spacial score (nSPS) is 25.4. The third-order valence-corrected chi connectivity index (χ3v) is 8.76. The van der Waals surface area contributed by atoms with Gasteiger partial charge in [0.2, 0.25) is 17.7 Å². The van der Waals surface area contributed by atoms with E-state index in [4.69, 9.17) is 24.8 Å². The van der Waals surface area contributed by atoms with Gasteiger partial charge < -0.3 is 50.7 Å². The van der Waals surface area contributed by atoms with E-state index in [9.17, 15) is 24.3 Å². The van der Waals surface area contributed by atoms with E-state index in [1.54, 1.807) is 20.8 Å². The molecule has 2 fully saturated rings. The molecule has 4 aliphatic rings. The van der Waals surface area contributed by atoms with Gasteiger partial charge in [0, 0.05) is 24.8 Å². The highest BCUT2D eigenvalue weighted by atomic mass is 16.7. The Labute approximate surface area is 267 Å². The topological polar surface area (TPSA) is 203 Å². The van der Waals surface area contributed by atoms with Crippen LogP contribution in [0.5, 0.6) is 5.75 Å². The smallest absolute Gasteiger partial charge is 0.408 e. The summed E-state index contributed by atoms with van der Waals surface area (Å²) < 4.78 is 16.3. The van der Waals surface area contributed by atoms with Crippen molar-refractivity contribution in [2.75, 3.05) is 31.8 Å². The van der Waals surface area contributed by atoms with Crippen LogP contribution in [-0.2, 0) is 28.7 Å². The van der Waals surface area contributed by atoms with Crippen LogP contribution in [0.1, 0.15) is 65.4 Å². The minimum absolute atomic E-state index is 0.000187. The van der Waals surface area contributed by atoms with Gasteiger partial charge in [0.1, 0.15) is 23.9 Å². The van der Waals surface area contributed by atoms with Gasteiger partial charge in [-0.15, -0.1) is 0 Å². The lowest BCUT2D eigenvalue weighted by Gasteiger charge is -2.35. The second kappa shape index (κ2) is 13.3. The van der Waals surface area contributed by atoms with E-state index in [1.807, 2.05) is 25.1 Å². The molecule has 46 heavy (non-hydrogen) atoms. The van der Waals surface area contributed by atoms with Crippen LogP contribution in [0.2, 0.25) is 0 Å². The van der Waals surface area contributed by atoms with Gasteiger partial charge in [0.25, 0.3) is 0 Å². The zero-order chi connectivity index (χ0) is 33.2. The number of carbonyl (C=O) groups excluding carboxylic acids is 4. The Balaban J connectivity index is 1.39. The zero-order valence-electron chi connectivity index (χ0n) is 26.7. The number of nitrogens with zero attached hydrogens (tertiary/aromatic N) is 2. The number of hydrogen-bond donors (Lipinski definition) is 5. The highest BCUT2D eigenvalue weighted by Crippen LogP contribution is 2.41. The molecule has 0 radical (unpaired) electrons. The number of rotatable bonds is 10. The van der Waals surface area contributed by atoms with Crippen molar-refractivity contribution in [3.63, 3.8) is 0 Å². The van der Waals surface area contributed by atoms with Crippen molar-refractivity contribution in [3.8, 4) is 5.75 Å². The predicted molar refractivity (Wildman–Crippen MR) is 165 cm³/mol. The molecular weight excluding hydrogens is 600 g/mol. The van der Waals surface area contributed by atoms with E-state index in [2.05, 4.69) is 21.1 Å². The molecule has 4 heterocycles. The summed E-state index contributed by atoms with van der Waals surface area (Å²) in [5.74, 6) is -1.34. The molecule has 1 aromatic rings. The molecule has 0 aromatic heterocycles. The molecule has 4 aliphatic heterocycles. The fourth-order valence-corrected chi connectivity index (χ4v) is 6.27. The molecule has 5 rings (SSSR count). The number of aliphatic hydroxyl groups is 1. The van der Waals surface area contributed by atoms with E-state index in [1.165, 1.54) is 4.90 Å². The number of ether oxygens (including phenoxy) is 3. The molecule has 2 saturated heterocycles. The number of primary amides is 1. The van der Waals surface area contributed by atoms with E-state index in [0.717, 1.165) is 17.0 Å². The van der Waals surface area contributed by atoms with Crippen molar-refractivity contribution < 1.29 is 43.3 Å². The molecule has 6 atom stereocenters. The van der Waals surface area contributed by atoms with Crippen molar-refractivity contribution in [3.05, 3.63) is 23.8 Å². The van der Waals surface area contributed by atoms with Crippen LogP contribution < -0.4 is 26.4 Å². The third kappa shape index (κ3) is 7.15. The molecule has 15 nitrogen and oxygen atoms in total. The first-order chi connectivity index (χ1) is 21.8. The molecule has 1 spiro atoms. The first-order valence-corrected chi connectivity index (χ1v) is 15.7. The summed E-state index contributed by atoms with van der Waals surface area (Å²) in [5, 5.41) is 23.4. The second-order valence-corrected chi connectivity index (χ2v) is 13.4. The van der Waals surface area contributed by atoms with Gasteiger partial charge in [-0.3, -0.25) is 14.4 Å². The van der Waals surface area contributed by atoms with Gasteiger partial charge in [-0.05, 0) is 30.0 Å². The largest absolute Gasteiger partial charge is 0.471 e. The van der Waals surface area contributed by atoms with Crippen molar-refractivity contribution >= 4 is 35.2 Å². The standard InChI is InChI=1S/C31H44N6O9/c1-5-6-19(24(38)26(32)39)34-27(40)22-13-31(12-21(36-46-31)17-7-8-23-20(11-17)33-16-44-23)15-37(22)28(41)25(30(2,3)4)35-29(42)45-18-9-10-43-14-18/h7-8,11,18-19,22,24-25,33,38H,5-6,9-10,12-16H2,1-4H3,(H2,32,39)(H,34,40)(H,35,42)/t18-,19?,22-,24?,25+,31+/m0/s1. The lowest BCUT2D eigenvalue weighted by atomic mass is 9.85. The number of amides is 4. The Morgan fingerprint density at radius 1 is 1.26 bits per heavy atom. The molecule has 6 N–H and O–H groups in total. The van der Waals surface area contributed by atoms with Crippen LogP contribution in [0.25, 0.3) is 0 Å². The highest BCUT2D eigenvalue weighted by molar-refractivity contribution is 6.03. The van der Waals surface area contributed by atoms with Gasteiger partial charge in [-0.25, -0.2) is 4.79 Å². The summed E-state index contributed by atoms with van der Waals surface area (Å²) in [6, 6.07) is 2.53. The SMILES string of the molecule is CCCC(NC(=O)[C@@H]1C[C@]2(CC(c3ccc4c(c3)NCO4)=NO2)CN1C(=O)[C@@H](NC(=O)O[C@H]1CCOC1)C(C)(C)C)C(O)C(N)=O. The highest BCUT2D eigenvalue weighted by Gasteiger charge is 2.55. The summed E-state index contributed by atoms with van der Waals surface area (Å²) in [5.41, 5.74) is 5.81. The Bertz CT molecular complexity index is 1370. The minimum Gasteiger partial charge on any atom is -0.471 e. The number of benzene rings is 1. The summed E-state index contributed by atoms with van der Waals surface area (Å²) in [6.45, 7) is 8.37. The first-order valence-electron chi connectivity index (χ1n) is 15.7. The summed E-state index contributed by atoms with van der Waals surface area (Å²) >= 11 is 0. The number of oxime groups is 1. The maximum atomic E-state index is 14.4. The van der Waals surface area contributed by atoms with E-state index in [0.29, 0.717) is 38.3 Å². The molecule has 0 aliphatic carbocycles. The molecular formula is C31H44N6O9. The molecule has 0 bridgehead atoms. The van der Waals surface area contributed by atoms with Gasteiger partial charge in [0.15, 0.2) is 18.4 Å². The minimum atomic E-state index is -1.61. The number of aliphatic hydroxyl groups excluding tert-OH is 1. The van der Waals surface area contributed by atoms with Gasteiger partial charge in [0.05, 0.1) is 37.2 Å². The van der Waals surface area contributed by atoms with Crippen molar-refractivity contribution in [1.82, 2.24) is 15.5 Å². The number of carbonyl (C=O) groups is 4. The van der Waals surface area contributed by atoms with Gasteiger partial charge in [-0.1, -0.05) is 39.3 Å². The Hall–Kier alpha value is -4.11. The second-order valence-electron chi connectivity index (χ2n) is 13.4. The number of fused-ring (bicyclic) bond motifs is 1. The number of nitrogens with one attached hydrogen (secondary N) is 3. The number of anilines is 1. The Morgan fingerprint density at radius 2 is 2.04 bits per heavy atom. The summed E-state index contributed by atoms with van der Waals surface area (Å²) in [7, 11) is 0. The third-order valence-electron chi connectivity index (χ3n) is 8.76. The van der Waals surface area contributed by atoms with Crippen molar-refractivity contribution in [1.29, 1.82) is 0 Å². The summed E-state index contributed by atoms with van der Waals surface area (Å²) in [6.07, 6.45) is -1.01. The Morgan fingerprint density at radius 3 is 2.72 bits per heavy atom. The average molecular weight is 645 g/mol. The van der Waals surface area contributed by atoms with Crippen LogP contribution in [0.4, 0.5) is 10.5 Å². The fourth-order valence-electron chi connectivity index (χ4n) is 6.27. The summed E-state index contributed by atoms with van der Waals surface area (Å²) in [4.78, 5) is 60.4. The molecule has 4 amide bonds. The van der Waals surface area contributed by atoms with Crippen molar-refractivity contribution in [2.45, 2.75) is 95.7 Å². The van der Waals surface area contributed by atoms with Crippen LogP contribution in [0.15, 0.2) is 23.4 Å². The fraction of sp³-hybridized carbons (Fsp3) is 0.645. The number of alkyl carbamates (subject to hydrolysis) is 1. The van der Waals surface area contributed by atoms with E-state index < -0.39 is 65.2 Å². The average Bonchev–Trinajstić information content (AvgIpc) is 3.82. The zero-order valence-corrected chi connectivity index (χ0v) is 26.7. The number of hydrogen-bond acceptors (Lipinski definition) is 11. The maximum Gasteiger partial charge on any atom is 0.408 e. The van der Waals surface area contributed by atoms with Crippen molar-refractivity contribution in [2.24, 2.45) is 16.3 Å². The molecule has 0 saturated carbocycles. The van der Waals surface area contributed by atoms with E-state index >= 15 is 0 Å². The molecule has 2 unspecified atom stereocenters. The lowest BCUT2D eigenvalue weighted by Crippen LogP contribution is -2.59. The maximum absolute atomic E-state index is 14.4. The van der Waals surface area contributed by atoms with Gasteiger partial charge >= 0.3 is 6.09 Å².